The predicted molar refractivity (Wildman–Crippen MR) is 93.3 cm³/mol. The number of hydrogen-bond acceptors (Lipinski definition) is 4. The van der Waals surface area contributed by atoms with Crippen LogP contribution in [0.25, 0.3) is 6.08 Å². The quantitative estimate of drug-likeness (QED) is 0.639. The number of aryl methyl sites for hydroxylation is 1. The maximum Gasteiger partial charge on any atom is 0.335 e. The third kappa shape index (κ3) is 3.25. The zero-order valence-corrected chi connectivity index (χ0v) is 13.9. The van der Waals surface area contributed by atoms with Gasteiger partial charge in [0.05, 0.1) is 5.69 Å². The van der Waals surface area contributed by atoms with Crippen LogP contribution in [-0.2, 0) is 9.59 Å². The van der Waals surface area contributed by atoms with Crippen LogP contribution in [0.1, 0.15) is 11.1 Å². The van der Waals surface area contributed by atoms with Crippen molar-refractivity contribution in [2.24, 2.45) is 0 Å². The van der Waals surface area contributed by atoms with Crippen LogP contribution in [0.5, 0.6) is 5.75 Å². The molecule has 1 saturated heterocycles. The maximum atomic E-state index is 12.7. The molecule has 0 radical (unpaired) electrons. The maximum absolute atomic E-state index is 12.7. The lowest BCUT2D eigenvalue weighted by atomic mass is 10.1. The standard InChI is InChI=1S/C18H13ClN2O4/c1-10-2-5-12(9-15(10)19)21-17(24)14(16(23)20-18(21)25)8-11-3-6-13(22)7-4-11/h2-9,22H,1H3,(H,20,23,25). The Morgan fingerprint density at radius 1 is 1.08 bits per heavy atom. The number of phenols is 1. The van der Waals surface area contributed by atoms with Gasteiger partial charge >= 0.3 is 6.03 Å². The van der Waals surface area contributed by atoms with Crippen molar-refractivity contribution < 1.29 is 19.5 Å². The second-order valence-electron chi connectivity index (χ2n) is 5.48. The van der Waals surface area contributed by atoms with E-state index in [1.807, 2.05) is 0 Å². The predicted octanol–water partition coefficient (Wildman–Crippen LogP) is 3.02. The molecule has 25 heavy (non-hydrogen) atoms. The summed E-state index contributed by atoms with van der Waals surface area (Å²) in [6.07, 6.45) is 1.35. The molecule has 0 spiro atoms. The van der Waals surface area contributed by atoms with Crippen molar-refractivity contribution in [2.45, 2.75) is 6.92 Å². The van der Waals surface area contributed by atoms with E-state index >= 15 is 0 Å². The number of carbonyl (C=O) groups is 3. The first-order valence-electron chi connectivity index (χ1n) is 7.33. The smallest absolute Gasteiger partial charge is 0.335 e. The number of amides is 4. The van der Waals surface area contributed by atoms with Gasteiger partial charge in [0.1, 0.15) is 11.3 Å². The zero-order valence-electron chi connectivity index (χ0n) is 13.1. The molecule has 7 heteroatoms. The highest BCUT2D eigenvalue weighted by molar-refractivity contribution is 6.39. The number of halogens is 1. The molecule has 1 heterocycles. The summed E-state index contributed by atoms with van der Waals surface area (Å²) in [6, 6.07) is 9.87. The molecule has 126 valence electrons. The third-order valence-electron chi connectivity index (χ3n) is 3.72. The molecule has 0 atom stereocenters. The zero-order chi connectivity index (χ0) is 18.1. The van der Waals surface area contributed by atoms with E-state index in [0.717, 1.165) is 10.5 Å². The number of anilines is 1. The number of urea groups is 1. The Labute approximate surface area is 148 Å². The van der Waals surface area contributed by atoms with Crippen LogP contribution >= 0.6 is 11.6 Å². The molecule has 3 rings (SSSR count). The minimum Gasteiger partial charge on any atom is -0.508 e. The first-order valence-corrected chi connectivity index (χ1v) is 7.71. The van der Waals surface area contributed by atoms with Gasteiger partial charge in [0.2, 0.25) is 0 Å². The Morgan fingerprint density at radius 3 is 2.40 bits per heavy atom. The molecular weight excluding hydrogens is 344 g/mol. The summed E-state index contributed by atoms with van der Waals surface area (Å²) >= 11 is 6.06. The Balaban J connectivity index is 2.02. The van der Waals surface area contributed by atoms with Gasteiger partial charge in [0.25, 0.3) is 11.8 Å². The lowest BCUT2D eigenvalue weighted by Crippen LogP contribution is -2.54. The highest BCUT2D eigenvalue weighted by Gasteiger charge is 2.36. The molecule has 2 N–H and O–H groups in total. The van der Waals surface area contributed by atoms with Crippen LogP contribution in [0.3, 0.4) is 0 Å². The van der Waals surface area contributed by atoms with Gasteiger partial charge in [-0.25, -0.2) is 9.69 Å². The van der Waals surface area contributed by atoms with Gasteiger partial charge in [-0.15, -0.1) is 0 Å². The largest absolute Gasteiger partial charge is 0.508 e. The fraction of sp³-hybridized carbons (Fsp3) is 0.0556. The van der Waals surface area contributed by atoms with Crippen molar-refractivity contribution in [3.63, 3.8) is 0 Å². The summed E-state index contributed by atoms with van der Waals surface area (Å²) in [5.74, 6) is -1.47. The fourth-order valence-corrected chi connectivity index (χ4v) is 2.52. The molecule has 1 aliphatic heterocycles. The van der Waals surface area contributed by atoms with Gasteiger partial charge in [-0.1, -0.05) is 29.8 Å². The number of phenolic OH excluding ortho intramolecular Hbond substituents is 1. The molecule has 6 nitrogen and oxygen atoms in total. The molecule has 0 aliphatic carbocycles. The fourth-order valence-electron chi connectivity index (χ4n) is 2.35. The monoisotopic (exact) mass is 356 g/mol. The van der Waals surface area contributed by atoms with Gasteiger partial charge in [-0.2, -0.15) is 0 Å². The summed E-state index contributed by atoms with van der Waals surface area (Å²) in [6.45, 7) is 1.80. The number of aromatic hydroxyl groups is 1. The number of carbonyl (C=O) groups excluding carboxylic acids is 3. The van der Waals surface area contributed by atoms with E-state index in [-0.39, 0.29) is 17.0 Å². The Morgan fingerprint density at radius 2 is 1.76 bits per heavy atom. The topological polar surface area (TPSA) is 86.7 Å². The highest BCUT2D eigenvalue weighted by atomic mass is 35.5. The van der Waals surface area contributed by atoms with E-state index in [1.54, 1.807) is 31.2 Å². The molecule has 0 saturated carbocycles. The number of hydrogen-bond donors (Lipinski definition) is 2. The average Bonchev–Trinajstić information content (AvgIpc) is 2.56. The number of barbiturate groups is 1. The summed E-state index contributed by atoms with van der Waals surface area (Å²) in [4.78, 5) is 37.7. The van der Waals surface area contributed by atoms with Crippen molar-refractivity contribution in [3.05, 3.63) is 64.2 Å². The molecule has 0 bridgehead atoms. The highest BCUT2D eigenvalue weighted by Crippen LogP contribution is 2.26. The van der Waals surface area contributed by atoms with Gasteiger partial charge < -0.3 is 5.11 Å². The number of benzene rings is 2. The van der Waals surface area contributed by atoms with Crippen molar-refractivity contribution in [2.75, 3.05) is 4.90 Å². The number of imide groups is 2. The number of nitrogens with zero attached hydrogens (tertiary/aromatic N) is 1. The second-order valence-corrected chi connectivity index (χ2v) is 5.89. The first-order chi connectivity index (χ1) is 11.9. The van der Waals surface area contributed by atoms with E-state index in [0.29, 0.717) is 10.6 Å². The Hall–Kier alpha value is -3.12. The second kappa shape index (κ2) is 6.41. The lowest BCUT2D eigenvalue weighted by Gasteiger charge is -2.26. The summed E-state index contributed by atoms with van der Waals surface area (Å²) < 4.78 is 0. The van der Waals surface area contributed by atoms with E-state index in [4.69, 9.17) is 11.6 Å². The third-order valence-corrected chi connectivity index (χ3v) is 4.13. The molecule has 0 aromatic heterocycles. The normalized spacial score (nSPS) is 16.3. The van der Waals surface area contributed by atoms with Gasteiger partial charge in [0.15, 0.2) is 0 Å². The summed E-state index contributed by atoms with van der Waals surface area (Å²) in [5.41, 5.74) is 1.41. The molecule has 2 aromatic rings. The van der Waals surface area contributed by atoms with Crippen molar-refractivity contribution in [1.29, 1.82) is 0 Å². The van der Waals surface area contributed by atoms with Crippen LogP contribution in [0.2, 0.25) is 5.02 Å². The molecule has 4 amide bonds. The van der Waals surface area contributed by atoms with Crippen LogP contribution < -0.4 is 10.2 Å². The van der Waals surface area contributed by atoms with Crippen molar-refractivity contribution >= 4 is 41.2 Å². The molecule has 1 aliphatic rings. The van der Waals surface area contributed by atoms with Crippen LogP contribution in [0, 0.1) is 6.92 Å². The molecular formula is C18H13ClN2O4. The Kier molecular flexibility index (Phi) is 4.29. The van der Waals surface area contributed by atoms with Crippen molar-refractivity contribution in [1.82, 2.24) is 5.32 Å². The average molecular weight is 357 g/mol. The first kappa shape index (κ1) is 16.7. The van der Waals surface area contributed by atoms with Crippen LogP contribution in [0.15, 0.2) is 48.0 Å². The van der Waals surface area contributed by atoms with Gasteiger partial charge in [0, 0.05) is 5.02 Å². The van der Waals surface area contributed by atoms with Crippen LogP contribution in [-0.4, -0.2) is 23.0 Å². The minimum atomic E-state index is -0.835. The van der Waals surface area contributed by atoms with E-state index < -0.39 is 17.8 Å². The van der Waals surface area contributed by atoms with Gasteiger partial charge in [-0.3, -0.25) is 14.9 Å². The Bertz CT molecular complexity index is 919. The lowest BCUT2D eigenvalue weighted by molar-refractivity contribution is -0.122. The number of nitrogens with one attached hydrogen (secondary N) is 1. The van der Waals surface area contributed by atoms with E-state index in [9.17, 15) is 19.5 Å². The summed E-state index contributed by atoms with van der Waals surface area (Å²) in [5, 5.41) is 11.9. The van der Waals surface area contributed by atoms with Crippen LogP contribution in [0.4, 0.5) is 10.5 Å². The number of rotatable bonds is 2. The van der Waals surface area contributed by atoms with E-state index in [1.165, 1.54) is 24.3 Å². The minimum absolute atomic E-state index is 0.0627. The van der Waals surface area contributed by atoms with Crippen molar-refractivity contribution in [3.8, 4) is 5.75 Å². The van der Waals surface area contributed by atoms with E-state index in [2.05, 4.69) is 5.32 Å². The molecule has 1 fully saturated rings. The molecule has 0 unspecified atom stereocenters. The summed E-state index contributed by atoms with van der Waals surface area (Å²) in [7, 11) is 0. The van der Waals surface area contributed by atoms with Gasteiger partial charge in [-0.05, 0) is 48.4 Å². The SMILES string of the molecule is Cc1ccc(N2C(=O)NC(=O)C(=Cc3ccc(O)cc3)C2=O)cc1Cl. The molecule has 2 aromatic carbocycles.